The molecule has 44 heavy (non-hydrogen) atoms. The average molecular weight is 627 g/mol. The molecule has 5 rings (SSSR count). The first-order valence-corrected chi connectivity index (χ1v) is 15.3. The molecule has 0 atom stereocenters. The van der Waals surface area contributed by atoms with E-state index in [2.05, 4.69) is 56.0 Å². The summed E-state index contributed by atoms with van der Waals surface area (Å²) in [6, 6.07) is 8.98. The van der Waals surface area contributed by atoms with Gasteiger partial charge in [-0.3, -0.25) is 19.4 Å². The van der Waals surface area contributed by atoms with Crippen molar-refractivity contribution in [1.82, 2.24) is 34.9 Å². The van der Waals surface area contributed by atoms with Crippen LogP contribution in [0.4, 0.5) is 4.79 Å². The zero-order valence-corrected chi connectivity index (χ0v) is 25.9. The fraction of sp³-hybridized carbons (Fsp3) is 0.515. The molecule has 1 N–H and O–H groups in total. The Hall–Kier alpha value is -3.59. The number of rotatable bonds is 11. The molecule has 1 aliphatic carbocycles. The number of ether oxygens (including phenoxy) is 2. The number of alkyl carbamates (subject to hydrolysis) is 1. The summed E-state index contributed by atoms with van der Waals surface area (Å²) in [7, 11) is 0. The number of piperazine rings is 1. The van der Waals surface area contributed by atoms with E-state index >= 15 is 0 Å². The molecule has 10 nitrogen and oxygen atoms in total. The summed E-state index contributed by atoms with van der Waals surface area (Å²) in [5, 5.41) is 7.82. The summed E-state index contributed by atoms with van der Waals surface area (Å²) in [5.74, 6) is 6.48. The molecule has 0 unspecified atom stereocenters. The van der Waals surface area contributed by atoms with E-state index in [9.17, 15) is 4.79 Å². The molecule has 1 aliphatic heterocycles. The number of aryl methyl sites for hydroxylation is 1. The number of hydrogen-bond donors (Lipinski definition) is 1. The van der Waals surface area contributed by atoms with Gasteiger partial charge in [0, 0.05) is 74.6 Å². The molecule has 3 aromatic rings. The number of aromatic nitrogens is 4. The summed E-state index contributed by atoms with van der Waals surface area (Å²) in [4.78, 5) is 21.0. The quantitative estimate of drug-likeness (QED) is 0.304. The van der Waals surface area contributed by atoms with Gasteiger partial charge in [-0.25, -0.2) is 4.79 Å². The largest absolute Gasteiger partial charge is 0.486 e. The standard InChI is InChI=1S/C33H43N7O3S/c1-25(2)39-19-17-38(18-20-39)16-15-35-33(41)42-21-7-8-27-12-13-29(22-26(27)3)43-24-31-36-37-32(44-30-10-4-5-11-30)40(31)28-9-6-14-34-23-28/h6,9,12-14,22-23,25,30H,4-5,10-11,15-21,24H2,1-3H3,(H,35,41)/i4D2,5D2,10D2,11D2,30D. The number of thioether (sulfide) groups is 1. The molecule has 0 spiro atoms. The van der Waals surface area contributed by atoms with Crippen LogP contribution in [0, 0.1) is 18.8 Å². The molecular formula is C33H43N7O3S. The van der Waals surface area contributed by atoms with Crippen LogP contribution < -0.4 is 10.1 Å². The maximum absolute atomic E-state index is 12.1. The lowest BCUT2D eigenvalue weighted by Gasteiger charge is -2.36. The number of nitrogens with one attached hydrogen (secondary N) is 1. The van der Waals surface area contributed by atoms with Crippen LogP contribution in [0.25, 0.3) is 5.69 Å². The minimum atomic E-state index is -3.34. The third kappa shape index (κ3) is 8.97. The Morgan fingerprint density at radius 2 is 2.02 bits per heavy atom. The van der Waals surface area contributed by atoms with Crippen LogP contribution in [0.3, 0.4) is 0 Å². The number of nitrogens with zero attached hydrogens (tertiary/aromatic N) is 6. The molecule has 3 heterocycles. The van der Waals surface area contributed by atoms with Gasteiger partial charge < -0.3 is 14.8 Å². The van der Waals surface area contributed by atoms with Crippen molar-refractivity contribution in [3.63, 3.8) is 0 Å². The molecular weight excluding hydrogens is 574 g/mol. The Morgan fingerprint density at radius 3 is 2.75 bits per heavy atom. The van der Waals surface area contributed by atoms with Crippen molar-refractivity contribution in [1.29, 1.82) is 0 Å². The molecule has 1 amide bonds. The van der Waals surface area contributed by atoms with E-state index in [1.54, 1.807) is 30.3 Å². The van der Waals surface area contributed by atoms with Crippen LogP contribution in [0.1, 0.15) is 68.6 Å². The Labute approximate surface area is 277 Å². The van der Waals surface area contributed by atoms with E-state index in [1.807, 2.05) is 6.92 Å². The van der Waals surface area contributed by atoms with Crippen molar-refractivity contribution in [3.05, 3.63) is 59.7 Å². The predicted molar refractivity (Wildman–Crippen MR) is 172 cm³/mol. The summed E-state index contributed by atoms with van der Waals surface area (Å²) < 4.78 is 87.8. The fourth-order valence-electron chi connectivity index (χ4n) is 4.67. The lowest BCUT2D eigenvalue weighted by Crippen LogP contribution is -2.50. The molecule has 1 saturated heterocycles. The molecule has 0 bridgehead atoms. The molecule has 234 valence electrons. The second kappa shape index (κ2) is 15.9. The second-order valence-corrected chi connectivity index (χ2v) is 11.4. The highest BCUT2D eigenvalue weighted by Gasteiger charge is 2.22. The number of amides is 1. The highest BCUT2D eigenvalue weighted by Crippen LogP contribution is 2.35. The molecule has 1 aromatic carbocycles. The molecule has 2 aromatic heterocycles. The maximum atomic E-state index is 12.1. The summed E-state index contributed by atoms with van der Waals surface area (Å²) in [6.07, 6.45) is -10.8. The SMILES string of the molecule is [2H]C1([2H])C([2H])([2H])C([2H])([2H])C([2H])(Sc2nnc(COc3ccc(C#CCOC(=O)NCCN4CCN(C(C)C)CC4)c(C)c3)n2-c2cccnc2)C1([2H])[2H]. The number of pyridine rings is 1. The Balaban J connectivity index is 1.20. The van der Waals surface area contributed by atoms with E-state index in [4.69, 9.17) is 21.8 Å². The highest BCUT2D eigenvalue weighted by atomic mass is 32.2. The van der Waals surface area contributed by atoms with Crippen LogP contribution in [-0.4, -0.2) is 92.8 Å². The normalized spacial score (nSPS) is 24.4. The van der Waals surface area contributed by atoms with Gasteiger partial charge in [0.05, 0.1) is 11.9 Å². The fourth-order valence-corrected chi connectivity index (χ4v) is 5.44. The number of hydrogen-bond acceptors (Lipinski definition) is 9. The van der Waals surface area contributed by atoms with Gasteiger partial charge in [0.2, 0.25) is 0 Å². The lowest BCUT2D eigenvalue weighted by atomic mass is 10.1. The minimum Gasteiger partial charge on any atom is -0.486 e. The lowest BCUT2D eigenvalue weighted by molar-refractivity contribution is 0.108. The van der Waals surface area contributed by atoms with Crippen molar-refractivity contribution in [3.8, 4) is 23.3 Å². The van der Waals surface area contributed by atoms with E-state index in [-0.39, 0.29) is 36.0 Å². The van der Waals surface area contributed by atoms with Crippen LogP contribution >= 0.6 is 11.8 Å². The van der Waals surface area contributed by atoms with Crippen LogP contribution in [-0.2, 0) is 11.3 Å². The highest BCUT2D eigenvalue weighted by molar-refractivity contribution is 7.99. The second-order valence-electron chi connectivity index (χ2n) is 10.4. The van der Waals surface area contributed by atoms with Crippen molar-refractivity contribution in [2.75, 3.05) is 45.9 Å². The minimum absolute atomic E-state index is 0.0845. The van der Waals surface area contributed by atoms with E-state index < -0.39 is 36.8 Å². The van der Waals surface area contributed by atoms with Gasteiger partial charge in [-0.15, -0.1) is 10.2 Å². The Morgan fingerprint density at radius 1 is 1.20 bits per heavy atom. The Bertz CT molecular complexity index is 1800. The average Bonchev–Trinajstić information content (AvgIpc) is 3.53. The number of carbonyl (C=O) groups is 1. The van der Waals surface area contributed by atoms with E-state index in [0.29, 0.717) is 29.6 Å². The van der Waals surface area contributed by atoms with Crippen molar-refractivity contribution >= 4 is 17.9 Å². The van der Waals surface area contributed by atoms with Crippen LogP contribution in [0.5, 0.6) is 5.75 Å². The van der Waals surface area contributed by atoms with Crippen LogP contribution in [0.2, 0.25) is 0 Å². The predicted octanol–water partition coefficient (Wildman–Crippen LogP) is 4.69. The van der Waals surface area contributed by atoms with Gasteiger partial charge in [-0.05, 0) is 69.4 Å². The first kappa shape index (κ1) is 22.0. The van der Waals surface area contributed by atoms with Gasteiger partial charge in [-0.1, -0.05) is 36.3 Å². The van der Waals surface area contributed by atoms with E-state index in [0.717, 1.165) is 38.3 Å². The summed E-state index contributed by atoms with van der Waals surface area (Å²) in [5.41, 5.74) is 1.86. The van der Waals surface area contributed by atoms with Gasteiger partial charge in [0.1, 0.15) is 12.4 Å². The van der Waals surface area contributed by atoms with E-state index in [1.165, 1.54) is 17.0 Å². The first-order chi connectivity index (χ1) is 24.8. The third-order valence-corrected chi connectivity index (χ3v) is 7.97. The molecule has 1 saturated carbocycles. The third-order valence-electron chi connectivity index (χ3n) is 7.11. The topological polar surface area (TPSA) is 97.6 Å². The zero-order chi connectivity index (χ0) is 38.8. The number of benzene rings is 1. The monoisotopic (exact) mass is 626 g/mol. The van der Waals surface area contributed by atoms with Gasteiger partial charge in [-0.2, -0.15) is 0 Å². The molecule has 11 heteroatoms. The zero-order valence-electron chi connectivity index (χ0n) is 34.1. The maximum Gasteiger partial charge on any atom is 0.408 e. The van der Waals surface area contributed by atoms with Gasteiger partial charge in [0.15, 0.2) is 17.6 Å². The van der Waals surface area contributed by atoms with Crippen molar-refractivity contribution < 1.29 is 26.6 Å². The Kier molecular flexibility index (Phi) is 7.97. The van der Waals surface area contributed by atoms with Crippen LogP contribution in [0.15, 0.2) is 47.9 Å². The molecule has 2 aliphatic rings. The molecule has 0 radical (unpaired) electrons. The smallest absolute Gasteiger partial charge is 0.408 e. The van der Waals surface area contributed by atoms with Crippen molar-refractivity contribution in [2.24, 2.45) is 0 Å². The van der Waals surface area contributed by atoms with Crippen molar-refractivity contribution in [2.45, 2.75) is 69.3 Å². The summed E-state index contributed by atoms with van der Waals surface area (Å²) in [6.45, 7) is 11.2. The van der Waals surface area contributed by atoms with Gasteiger partial charge >= 0.3 is 6.09 Å². The first-order valence-electron chi connectivity index (χ1n) is 19.0. The summed E-state index contributed by atoms with van der Waals surface area (Å²) >= 11 is 0.251. The number of carbonyl (C=O) groups excluding carboxylic acids is 1. The molecule has 2 fully saturated rings. The van der Waals surface area contributed by atoms with Gasteiger partial charge in [0.25, 0.3) is 0 Å².